The molecule has 0 aliphatic rings. The van der Waals surface area contributed by atoms with Gasteiger partial charge in [0, 0.05) is 0 Å². The van der Waals surface area contributed by atoms with Crippen LogP contribution in [0.4, 0.5) is 0 Å². The highest BCUT2D eigenvalue weighted by Crippen LogP contribution is 2.22. The molecule has 2 rings (SSSR count). The molecule has 0 aliphatic carbocycles. The number of nitrogens with zero attached hydrogens (tertiary/aromatic N) is 1. The normalized spacial score (nSPS) is 10.1. The van der Waals surface area contributed by atoms with E-state index in [1.807, 2.05) is 30.3 Å². The third kappa shape index (κ3) is 1.68. The molecule has 0 saturated carbocycles. The lowest BCUT2D eigenvalue weighted by Gasteiger charge is -2.06. The Kier molecular flexibility index (Phi) is 2.64. The standard InChI is InChI=1S/C12H10N2O/c13-7-9-5-6-10(8-15-14)12-4-2-1-3-11(9)12/h1-6H,8,14H2. The summed E-state index contributed by atoms with van der Waals surface area (Å²) in [5, 5.41) is 10.9. The zero-order valence-electron chi connectivity index (χ0n) is 8.10. The Hall–Kier alpha value is -1.89. The number of rotatable bonds is 2. The fourth-order valence-electron chi connectivity index (χ4n) is 1.67. The lowest BCUT2D eigenvalue weighted by atomic mass is 10.0. The molecule has 3 nitrogen and oxygen atoms in total. The van der Waals surface area contributed by atoms with Crippen molar-refractivity contribution in [3.63, 3.8) is 0 Å². The molecule has 0 saturated heterocycles. The Labute approximate surface area is 87.6 Å². The summed E-state index contributed by atoms with van der Waals surface area (Å²) < 4.78 is 0. The highest BCUT2D eigenvalue weighted by Gasteiger charge is 2.04. The maximum Gasteiger partial charge on any atom is 0.0998 e. The molecule has 0 bridgehead atoms. The van der Waals surface area contributed by atoms with E-state index in [0.717, 1.165) is 16.3 Å². The van der Waals surface area contributed by atoms with Gasteiger partial charge < -0.3 is 0 Å². The molecular formula is C12H10N2O. The van der Waals surface area contributed by atoms with Crippen LogP contribution >= 0.6 is 0 Å². The van der Waals surface area contributed by atoms with E-state index in [1.54, 1.807) is 6.07 Å². The van der Waals surface area contributed by atoms with Crippen LogP contribution in [0, 0.1) is 11.3 Å². The number of benzene rings is 2. The maximum atomic E-state index is 8.95. The van der Waals surface area contributed by atoms with Gasteiger partial charge in [-0.25, -0.2) is 5.90 Å². The van der Waals surface area contributed by atoms with Crippen LogP contribution in [-0.2, 0) is 11.4 Å². The minimum atomic E-state index is 0.353. The predicted octanol–water partition coefficient (Wildman–Crippen LogP) is 2.10. The van der Waals surface area contributed by atoms with Crippen LogP contribution in [-0.4, -0.2) is 0 Å². The van der Waals surface area contributed by atoms with E-state index < -0.39 is 0 Å². The largest absolute Gasteiger partial charge is 0.300 e. The first-order chi connectivity index (χ1) is 7.36. The van der Waals surface area contributed by atoms with Crippen molar-refractivity contribution in [3.8, 4) is 6.07 Å². The first-order valence-corrected chi connectivity index (χ1v) is 4.59. The van der Waals surface area contributed by atoms with Gasteiger partial charge in [-0.15, -0.1) is 0 Å². The van der Waals surface area contributed by atoms with Gasteiger partial charge in [-0.05, 0) is 22.4 Å². The summed E-state index contributed by atoms with van der Waals surface area (Å²) >= 11 is 0. The number of nitriles is 1. The highest BCUT2D eigenvalue weighted by molar-refractivity contribution is 5.90. The van der Waals surface area contributed by atoms with Crippen LogP contribution in [0.5, 0.6) is 0 Å². The summed E-state index contributed by atoms with van der Waals surface area (Å²) in [7, 11) is 0. The minimum absolute atomic E-state index is 0.353. The van der Waals surface area contributed by atoms with Crippen molar-refractivity contribution in [1.29, 1.82) is 5.26 Å². The molecule has 0 unspecified atom stereocenters. The molecule has 0 fully saturated rings. The minimum Gasteiger partial charge on any atom is -0.300 e. The van der Waals surface area contributed by atoms with Crippen molar-refractivity contribution in [2.75, 3.05) is 0 Å². The van der Waals surface area contributed by atoms with Crippen molar-refractivity contribution < 1.29 is 4.84 Å². The summed E-state index contributed by atoms with van der Waals surface area (Å²) in [6.07, 6.45) is 0. The first kappa shape index (κ1) is 9.66. The zero-order valence-corrected chi connectivity index (χ0v) is 8.10. The van der Waals surface area contributed by atoms with Gasteiger partial charge in [-0.3, -0.25) is 4.84 Å². The van der Waals surface area contributed by atoms with E-state index in [9.17, 15) is 0 Å². The Bertz CT molecular complexity index is 529. The first-order valence-electron chi connectivity index (χ1n) is 4.59. The van der Waals surface area contributed by atoms with Crippen molar-refractivity contribution in [3.05, 3.63) is 47.5 Å². The topological polar surface area (TPSA) is 59.0 Å². The molecule has 0 aliphatic heterocycles. The molecule has 0 heterocycles. The van der Waals surface area contributed by atoms with E-state index in [2.05, 4.69) is 10.9 Å². The van der Waals surface area contributed by atoms with Crippen LogP contribution < -0.4 is 5.90 Å². The average molecular weight is 198 g/mol. The van der Waals surface area contributed by atoms with Crippen LogP contribution in [0.15, 0.2) is 36.4 Å². The van der Waals surface area contributed by atoms with Gasteiger partial charge in [0.15, 0.2) is 0 Å². The van der Waals surface area contributed by atoms with Crippen molar-refractivity contribution in [2.45, 2.75) is 6.61 Å². The molecule has 74 valence electrons. The van der Waals surface area contributed by atoms with E-state index in [4.69, 9.17) is 11.2 Å². The lowest BCUT2D eigenvalue weighted by Crippen LogP contribution is -1.99. The number of nitrogens with two attached hydrogens (primary N) is 1. The monoisotopic (exact) mass is 198 g/mol. The van der Waals surface area contributed by atoms with Gasteiger partial charge in [-0.1, -0.05) is 30.3 Å². The second kappa shape index (κ2) is 4.09. The summed E-state index contributed by atoms with van der Waals surface area (Å²) in [6.45, 7) is 0.353. The van der Waals surface area contributed by atoms with Gasteiger partial charge in [0.25, 0.3) is 0 Å². The van der Waals surface area contributed by atoms with E-state index in [0.29, 0.717) is 12.2 Å². The smallest absolute Gasteiger partial charge is 0.0998 e. The van der Waals surface area contributed by atoms with Crippen LogP contribution in [0.3, 0.4) is 0 Å². The molecule has 0 amide bonds. The number of hydrogen-bond donors (Lipinski definition) is 1. The van der Waals surface area contributed by atoms with Crippen LogP contribution in [0.25, 0.3) is 10.8 Å². The van der Waals surface area contributed by atoms with E-state index in [1.165, 1.54) is 0 Å². The third-order valence-electron chi connectivity index (χ3n) is 2.37. The molecule has 0 radical (unpaired) electrons. The maximum absolute atomic E-state index is 8.95. The second-order valence-electron chi connectivity index (χ2n) is 3.24. The molecule has 2 aromatic carbocycles. The summed E-state index contributed by atoms with van der Waals surface area (Å²) in [4.78, 5) is 4.63. The van der Waals surface area contributed by atoms with E-state index >= 15 is 0 Å². The molecule has 0 spiro atoms. The van der Waals surface area contributed by atoms with Crippen molar-refractivity contribution in [1.82, 2.24) is 0 Å². The Morgan fingerprint density at radius 1 is 1.13 bits per heavy atom. The van der Waals surface area contributed by atoms with Gasteiger partial charge in [0.2, 0.25) is 0 Å². The Morgan fingerprint density at radius 3 is 2.53 bits per heavy atom. The molecule has 2 aromatic rings. The van der Waals surface area contributed by atoms with Crippen LogP contribution in [0.2, 0.25) is 0 Å². The predicted molar refractivity (Wildman–Crippen MR) is 57.6 cm³/mol. The summed E-state index contributed by atoms with van der Waals surface area (Å²) in [5.74, 6) is 5.06. The Morgan fingerprint density at radius 2 is 1.87 bits per heavy atom. The van der Waals surface area contributed by atoms with Crippen molar-refractivity contribution in [2.24, 2.45) is 5.90 Å². The molecule has 3 heteroatoms. The van der Waals surface area contributed by atoms with E-state index in [-0.39, 0.29) is 0 Å². The fourth-order valence-corrected chi connectivity index (χ4v) is 1.67. The SMILES string of the molecule is N#Cc1ccc(CON)c2ccccc12. The quantitative estimate of drug-likeness (QED) is 0.752. The average Bonchev–Trinajstić information content (AvgIpc) is 2.30. The number of fused-ring (bicyclic) bond motifs is 1. The van der Waals surface area contributed by atoms with Gasteiger partial charge in [-0.2, -0.15) is 5.26 Å². The van der Waals surface area contributed by atoms with Crippen LogP contribution in [0.1, 0.15) is 11.1 Å². The van der Waals surface area contributed by atoms with Gasteiger partial charge in [0.05, 0.1) is 18.2 Å². The lowest BCUT2D eigenvalue weighted by molar-refractivity contribution is 0.125. The van der Waals surface area contributed by atoms with Gasteiger partial charge in [0.1, 0.15) is 0 Å². The van der Waals surface area contributed by atoms with Crippen molar-refractivity contribution >= 4 is 10.8 Å². The summed E-state index contributed by atoms with van der Waals surface area (Å²) in [6, 6.07) is 13.6. The fraction of sp³-hybridized carbons (Fsp3) is 0.0833. The molecule has 0 aromatic heterocycles. The second-order valence-corrected chi connectivity index (χ2v) is 3.24. The molecule has 2 N–H and O–H groups in total. The summed E-state index contributed by atoms with van der Waals surface area (Å²) in [5.41, 5.74) is 1.67. The molecule has 15 heavy (non-hydrogen) atoms. The highest BCUT2D eigenvalue weighted by atomic mass is 16.6. The number of hydrogen-bond acceptors (Lipinski definition) is 3. The molecule has 0 atom stereocenters. The molecular weight excluding hydrogens is 188 g/mol. The zero-order chi connectivity index (χ0) is 10.7. The Balaban J connectivity index is 2.73. The van der Waals surface area contributed by atoms with Gasteiger partial charge >= 0.3 is 0 Å². The third-order valence-corrected chi connectivity index (χ3v) is 2.37.